The summed E-state index contributed by atoms with van der Waals surface area (Å²) in [5, 5.41) is 0. The van der Waals surface area contributed by atoms with Gasteiger partial charge in [-0.15, -0.1) is 0 Å². The predicted octanol–water partition coefficient (Wildman–Crippen LogP) is 4.03. The summed E-state index contributed by atoms with van der Waals surface area (Å²) in [7, 11) is 1.71. The van der Waals surface area contributed by atoms with Crippen molar-refractivity contribution in [1.29, 1.82) is 0 Å². The molecule has 1 aliphatic rings. The molecule has 0 radical (unpaired) electrons. The molecule has 23 heavy (non-hydrogen) atoms. The number of ether oxygens (including phenoxy) is 1. The summed E-state index contributed by atoms with van der Waals surface area (Å²) < 4.78 is 11.2. The second-order valence-corrected chi connectivity index (χ2v) is 6.25. The minimum absolute atomic E-state index is 0.257. The number of nitrogens with two attached hydrogens (primary N) is 1. The molecule has 3 rings (SSSR count). The molecule has 1 aromatic carbocycles. The highest BCUT2D eigenvalue weighted by atomic mass is 16.5. The molecule has 1 fully saturated rings. The summed E-state index contributed by atoms with van der Waals surface area (Å²) in [6.45, 7) is 4.09. The summed E-state index contributed by atoms with van der Waals surface area (Å²) in [5.41, 5.74) is 8.78. The molecule has 0 aliphatic carbocycles. The molecule has 124 valence electrons. The summed E-state index contributed by atoms with van der Waals surface area (Å²) in [6.07, 6.45) is 5.07. The van der Waals surface area contributed by atoms with Crippen molar-refractivity contribution in [1.82, 2.24) is 0 Å². The van der Waals surface area contributed by atoms with E-state index < -0.39 is 0 Å². The van der Waals surface area contributed by atoms with Crippen molar-refractivity contribution in [3.8, 4) is 5.75 Å². The highest BCUT2D eigenvalue weighted by molar-refractivity contribution is 5.59. The van der Waals surface area contributed by atoms with Crippen molar-refractivity contribution >= 4 is 5.69 Å². The Balaban J connectivity index is 1.97. The maximum absolute atomic E-state index is 6.51. The average molecular weight is 314 g/mol. The lowest BCUT2D eigenvalue weighted by Crippen LogP contribution is -2.27. The first-order chi connectivity index (χ1) is 11.2. The zero-order valence-electron chi connectivity index (χ0n) is 14.0. The summed E-state index contributed by atoms with van der Waals surface area (Å²) in [6, 6.07) is 9.83. The lowest BCUT2D eigenvalue weighted by molar-refractivity contribution is 0.414. The fourth-order valence-corrected chi connectivity index (χ4v) is 3.27. The maximum atomic E-state index is 6.51. The number of hydrogen-bond donors (Lipinski definition) is 1. The molecule has 1 aliphatic heterocycles. The molecule has 2 N–H and O–H groups in total. The van der Waals surface area contributed by atoms with Crippen molar-refractivity contribution in [2.24, 2.45) is 5.73 Å². The molecule has 0 unspecified atom stereocenters. The number of furan rings is 1. The minimum atomic E-state index is -0.257. The third kappa shape index (κ3) is 3.53. The van der Waals surface area contributed by atoms with Crippen LogP contribution in [0.3, 0.4) is 0 Å². The van der Waals surface area contributed by atoms with Gasteiger partial charge in [-0.1, -0.05) is 18.9 Å². The van der Waals surface area contributed by atoms with E-state index in [0.29, 0.717) is 0 Å². The summed E-state index contributed by atoms with van der Waals surface area (Å²) in [4.78, 5) is 2.44. The van der Waals surface area contributed by atoms with Crippen LogP contribution in [0.25, 0.3) is 0 Å². The first-order valence-electron chi connectivity index (χ1n) is 8.44. The molecule has 4 nitrogen and oxygen atoms in total. The van der Waals surface area contributed by atoms with Crippen LogP contribution in [0, 0.1) is 6.92 Å². The fourth-order valence-electron chi connectivity index (χ4n) is 3.27. The first kappa shape index (κ1) is 15.9. The van der Waals surface area contributed by atoms with Gasteiger partial charge >= 0.3 is 0 Å². The molecule has 1 saturated heterocycles. The second-order valence-electron chi connectivity index (χ2n) is 6.25. The van der Waals surface area contributed by atoms with E-state index >= 15 is 0 Å². The quantitative estimate of drug-likeness (QED) is 0.926. The highest BCUT2D eigenvalue weighted by Crippen LogP contribution is 2.34. The van der Waals surface area contributed by atoms with Gasteiger partial charge in [-0.2, -0.15) is 0 Å². The van der Waals surface area contributed by atoms with Gasteiger partial charge in [-0.3, -0.25) is 0 Å². The standard InChI is InChI=1S/C19H26N2O2/c1-14-7-10-18(23-14)19(20)16-9-8-15(22-2)13-17(16)21-11-5-3-4-6-12-21/h7-10,13,19H,3-6,11-12,20H2,1-2H3/t19-/m0/s1. The molecule has 2 aromatic rings. The van der Waals surface area contributed by atoms with Crippen molar-refractivity contribution < 1.29 is 9.15 Å². The van der Waals surface area contributed by atoms with Crippen LogP contribution in [0.1, 0.15) is 48.8 Å². The Morgan fingerprint density at radius 3 is 2.43 bits per heavy atom. The van der Waals surface area contributed by atoms with Crippen LogP contribution in [0.5, 0.6) is 5.75 Å². The zero-order valence-corrected chi connectivity index (χ0v) is 14.0. The van der Waals surface area contributed by atoms with Crippen LogP contribution >= 0.6 is 0 Å². The van der Waals surface area contributed by atoms with Crippen LogP contribution in [-0.4, -0.2) is 20.2 Å². The van der Waals surface area contributed by atoms with Crippen LogP contribution in [0.2, 0.25) is 0 Å². The minimum Gasteiger partial charge on any atom is -0.497 e. The van der Waals surface area contributed by atoms with Gasteiger partial charge in [-0.25, -0.2) is 0 Å². The average Bonchev–Trinajstić information content (AvgIpc) is 2.84. The Labute approximate surface area is 138 Å². The molecule has 1 aromatic heterocycles. The Hall–Kier alpha value is -1.94. The molecule has 1 atom stereocenters. The largest absolute Gasteiger partial charge is 0.497 e. The van der Waals surface area contributed by atoms with Gasteiger partial charge in [0.25, 0.3) is 0 Å². The van der Waals surface area contributed by atoms with Crippen molar-refractivity contribution in [2.75, 3.05) is 25.1 Å². The van der Waals surface area contributed by atoms with Crippen LogP contribution in [0.4, 0.5) is 5.69 Å². The molecular weight excluding hydrogens is 288 g/mol. The third-order valence-electron chi connectivity index (χ3n) is 4.59. The highest BCUT2D eigenvalue weighted by Gasteiger charge is 2.21. The molecule has 2 heterocycles. The summed E-state index contributed by atoms with van der Waals surface area (Å²) in [5.74, 6) is 2.57. The predicted molar refractivity (Wildman–Crippen MR) is 93.2 cm³/mol. The third-order valence-corrected chi connectivity index (χ3v) is 4.59. The van der Waals surface area contributed by atoms with E-state index in [2.05, 4.69) is 17.0 Å². The number of aryl methyl sites for hydroxylation is 1. The second kappa shape index (κ2) is 7.09. The van der Waals surface area contributed by atoms with E-state index in [1.807, 2.05) is 25.1 Å². The maximum Gasteiger partial charge on any atom is 0.125 e. The van der Waals surface area contributed by atoms with Crippen LogP contribution in [0.15, 0.2) is 34.7 Å². The van der Waals surface area contributed by atoms with E-state index in [0.717, 1.165) is 35.9 Å². The molecular formula is C19H26N2O2. The van der Waals surface area contributed by atoms with Gasteiger partial charge in [0.15, 0.2) is 0 Å². The normalized spacial score (nSPS) is 16.9. The van der Waals surface area contributed by atoms with Crippen LogP contribution in [-0.2, 0) is 0 Å². The lowest BCUT2D eigenvalue weighted by atomic mass is 10.0. The Kier molecular flexibility index (Phi) is 4.91. The number of nitrogens with zero attached hydrogens (tertiary/aromatic N) is 1. The van der Waals surface area contributed by atoms with Crippen molar-refractivity contribution in [2.45, 2.75) is 38.6 Å². The fraction of sp³-hybridized carbons (Fsp3) is 0.474. The zero-order chi connectivity index (χ0) is 16.2. The van der Waals surface area contributed by atoms with Gasteiger partial charge in [0.2, 0.25) is 0 Å². The Morgan fingerprint density at radius 1 is 1.09 bits per heavy atom. The van der Waals surface area contributed by atoms with Crippen LogP contribution < -0.4 is 15.4 Å². The number of rotatable bonds is 4. The van der Waals surface area contributed by atoms with E-state index in [9.17, 15) is 0 Å². The van der Waals surface area contributed by atoms with Gasteiger partial charge in [0.1, 0.15) is 17.3 Å². The molecule has 0 saturated carbocycles. The van der Waals surface area contributed by atoms with E-state index in [1.54, 1.807) is 7.11 Å². The van der Waals surface area contributed by atoms with Crippen molar-refractivity contribution in [3.63, 3.8) is 0 Å². The topological polar surface area (TPSA) is 51.6 Å². The number of methoxy groups -OCH3 is 1. The van der Waals surface area contributed by atoms with Gasteiger partial charge in [0, 0.05) is 30.4 Å². The van der Waals surface area contributed by atoms with E-state index in [1.165, 1.54) is 31.4 Å². The SMILES string of the molecule is COc1ccc([C@H](N)c2ccc(C)o2)c(N2CCCCCC2)c1. The van der Waals surface area contributed by atoms with E-state index in [4.69, 9.17) is 14.9 Å². The number of hydrogen-bond acceptors (Lipinski definition) is 4. The molecule has 4 heteroatoms. The molecule has 0 bridgehead atoms. The van der Waals surface area contributed by atoms with Gasteiger partial charge in [0.05, 0.1) is 13.2 Å². The summed E-state index contributed by atoms with van der Waals surface area (Å²) >= 11 is 0. The first-order valence-corrected chi connectivity index (χ1v) is 8.44. The van der Waals surface area contributed by atoms with Gasteiger partial charge in [-0.05, 0) is 38.0 Å². The van der Waals surface area contributed by atoms with Crippen molar-refractivity contribution in [3.05, 3.63) is 47.4 Å². The smallest absolute Gasteiger partial charge is 0.125 e. The van der Waals surface area contributed by atoms with Gasteiger partial charge < -0.3 is 19.8 Å². The Bertz CT molecular complexity index is 643. The molecule has 0 spiro atoms. The Morgan fingerprint density at radius 2 is 1.83 bits per heavy atom. The lowest BCUT2D eigenvalue weighted by Gasteiger charge is -2.27. The number of anilines is 1. The monoisotopic (exact) mass is 314 g/mol. The molecule has 0 amide bonds. The number of benzene rings is 1. The van der Waals surface area contributed by atoms with E-state index in [-0.39, 0.29) is 6.04 Å².